The van der Waals surface area contributed by atoms with E-state index in [0.717, 1.165) is 17.2 Å². The van der Waals surface area contributed by atoms with Gasteiger partial charge in [-0.1, -0.05) is 26.8 Å². The molecule has 0 saturated heterocycles. The molecule has 2 N–H and O–H groups in total. The number of rotatable bonds is 2. The van der Waals surface area contributed by atoms with Gasteiger partial charge in [0.15, 0.2) is 0 Å². The summed E-state index contributed by atoms with van der Waals surface area (Å²) in [5, 5.41) is 13.6. The molecule has 2 fully saturated rings. The Balaban J connectivity index is 1.88. The van der Waals surface area contributed by atoms with Crippen molar-refractivity contribution in [1.82, 2.24) is 0 Å². The summed E-state index contributed by atoms with van der Waals surface area (Å²) in [6, 6.07) is 6.43. The van der Waals surface area contributed by atoms with E-state index in [4.69, 9.17) is 0 Å². The molecule has 0 amide bonds. The molecular formula is C17H25NO. The third-order valence-corrected chi connectivity index (χ3v) is 5.79. The van der Waals surface area contributed by atoms with Gasteiger partial charge in [0.25, 0.3) is 0 Å². The Hall–Kier alpha value is -1.18. The Morgan fingerprint density at radius 2 is 2.00 bits per heavy atom. The number of nitrogens with one attached hydrogen (secondary N) is 1. The quantitative estimate of drug-likeness (QED) is 0.828. The van der Waals surface area contributed by atoms with Gasteiger partial charge in [0.1, 0.15) is 5.75 Å². The van der Waals surface area contributed by atoms with Gasteiger partial charge in [-0.05, 0) is 54.6 Å². The molecule has 2 heteroatoms. The van der Waals surface area contributed by atoms with Crippen molar-refractivity contribution in [2.75, 3.05) is 5.32 Å². The predicted octanol–water partition coefficient (Wildman–Crippen LogP) is 4.33. The number of anilines is 1. The second-order valence-electron chi connectivity index (χ2n) is 7.49. The molecule has 2 bridgehead atoms. The zero-order valence-corrected chi connectivity index (χ0v) is 12.5. The van der Waals surface area contributed by atoms with Gasteiger partial charge in [-0.15, -0.1) is 0 Å². The highest BCUT2D eigenvalue weighted by atomic mass is 16.3. The van der Waals surface area contributed by atoms with Gasteiger partial charge in [-0.25, -0.2) is 0 Å². The van der Waals surface area contributed by atoms with Crippen LogP contribution >= 0.6 is 0 Å². The molecule has 2 nitrogen and oxygen atoms in total. The first-order valence-corrected chi connectivity index (χ1v) is 7.39. The highest BCUT2D eigenvalue weighted by Gasteiger charge is 2.59. The van der Waals surface area contributed by atoms with E-state index in [-0.39, 0.29) is 0 Å². The van der Waals surface area contributed by atoms with Crippen molar-refractivity contribution in [1.29, 1.82) is 0 Å². The summed E-state index contributed by atoms with van der Waals surface area (Å²) >= 11 is 0. The van der Waals surface area contributed by atoms with Gasteiger partial charge in [0.05, 0.1) is 0 Å². The summed E-state index contributed by atoms with van der Waals surface area (Å²) in [6.45, 7) is 9.15. The third kappa shape index (κ3) is 1.84. The van der Waals surface area contributed by atoms with Crippen LogP contribution in [-0.4, -0.2) is 11.1 Å². The molecule has 2 aliphatic rings. The number of hydrogen-bond acceptors (Lipinski definition) is 2. The largest absolute Gasteiger partial charge is 0.508 e. The van der Waals surface area contributed by atoms with E-state index in [2.05, 4.69) is 32.2 Å². The number of benzene rings is 1. The van der Waals surface area contributed by atoms with E-state index in [1.165, 1.54) is 19.3 Å². The zero-order chi connectivity index (χ0) is 13.8. The predicted molar refractivity (Wildman–Crippen MR) is 79.5 cm³/mol. The van der Waals surface area contributed by atoms with Gasteiger partial charge in [-0.2, -0.15) is 0 Å². The lowest BCUT2D eigenvalue weighted by Crippen LogP contribution is -2.45. The molecule has 0 aliphatic heterocycles. The summed E-state index contributed by atoms with van der Waals surface area (Å²) in [7, 11) is 0. The first kappa shape index (κ1) is 12.8. The Morgan fingerprint density at radius 3 is 2.58 bits per heavy atom. The lowest BCUT2D eigenvalue weighted by Gasteiger charge is -2.43. The monoisotopic (exact) mass is 259 g/mol. The van der Waals surface area contributed by atoms with Crippen LogP contribution in [0.25, 0.3) is 0 Å². The molecule has 2 saturated carbocycles. The van der Waals surface area contributed by atoms with E-state index < -0.39 is 0 Å². The van der Waals surface area contributed by atoms with Crippen LogP contribution in [0.2, 0.25) is 0 Å². The lowest BCUT2D eigenvalue weighted by molar-refractivity contribution is 0.155. The summed E-state index contributed by atoms with van der Waals surface area (Å²) in [4.78, 5) is 0. The molecule has 3 atom stereocenters. The van der Waals surface area contributed by atoms with Crippen LogP contribution in [0, 0.1) is 23.7 Å². The first-order chi connectivity index (χ1) is 8.83. The van der Waals surface area contributed by atoms with Crippen LogP contribution in [0.4, 0.5) is 5.69 Å². The average Bonchev–Trinajstić information content (AvgIpc) is 2.80. The number of aromatic hydroxyl groups is 1. The van der Waals surface area contributed by atoms with Gasteiger partial charge in [0, 0.05) is 17.8 Å². The Labute approximate surface area is 116 Å². The van der Waals surface area contributed by atoms with E-state index >= 15 is 0 Å². The van der Waals surface area contributed by atoms with Gasteiger partial charge in [0.2, 0.25) is 0 Å². The van der Waals surface area contributed by atoms with Crippen LogP contribution in [0.3, 0.4) is 0 Å². The topological polar surface area (TPSA) is 32.3 Å². The molecule has 1 unspecified atom stereocenters. The van der Waals surface area contributed by atoms with Crippen LogP contribution < -0.4 is 5.32 Å². The molecule has 1 aromatic carbocycles. The Bertz CT molecular complexity index is 503. The second kappa shape index (κ2) is 3.91. The fraction of sp³-hybridized carbons (Fsp3) is 0.647. The maximum absolute atomic E-state index is 9.86. The summed E-state index contributed by atoms with van der Waals surface area (Å²) in [6.07, 6.45) is 4.05. The molecule has 104 valence electrons. The Morgan fingerprint density at radius 1 is 1.26 bits per heavy atom. The molecule has 0 aromatic heterocycles. The third-order valence-electron chi connectivity index (χ3n) is 5.79. The zero-order valence-electron chi connectivity index (χ0n) is 12.5. The smallest absolute Gasteiger partial charge is 0.120 e. The van der Waals surface area contributed by atoms with Gasteiger partial charge < -0.3 is 10.4 Å². The minimum absolute atomic E-state index is 0.341. The molecule has 2 aliphatic carbocycles. The van der Waals surface area contributed by atoms with E-state index in [9.17, 15) is 5.11 Å². The minimum Gasteiger partial charge on any atom is -0.508 e. The average molecular weight is 259 g/mol. The van der Waals surface area contributed by atoms with Crippen molar-refractivity contribution in [3.8, 4) is 5.75 Å². The number of phenolic OH excluding ortho intramolecular Hbond substituents is 1. The van der Waals surface area contributed by atoms with Crippen molar-refractivity contribution in [2.24, 2.45) is 16.7 Å². The molecule has 0 heterocycles. The normalized spacial score (nSPS) is 35.6. The SMILES string of the molecule is Cc1ccc(NC2C(C)(C)[C@H]3CC[C@]2(C)C3)cc1O. The second-order valence-corrected chi connectivity index (χ2v) is 7.49. The molecule has 0 radical (unpaired) electrons. The van der Waals surface area contributed by atoms with E-state index in [1.54, 1.807) is 0 Å². The highest BCUT2D eigenvalue weighted by Crippen LogP contribution is 2.63. The Kier molecular flexibility index (Phi) is 2.64. The number of aryl methyl sites for hydroxylation is 1. The molecular weight excluding hydrogens is 234 g/mol. The summed E-state index contributed by atoms with van der Waals surface area (Å²) < 4.78 is 0. The fourth-order valence-electron chi connectivity index (χ4n) is 4.53. The number of phenols is 1. The van der Waals surface area contributed by atoms with Crippen molar-refractivity contribution in [2.45, 2.75) is 53.0 Å². The van der Waals surface area contributed by atoms with E-state index in [0.29, 0.717) is 22.6 Å². The van der Waals surface area contributed by atoms with E-state index in [1.807, 2.05) is 19.1 Å². The standard InChI is InChI=1S/C17H25NO/c1-11-5-6-13(9-14(11)19)18-15-16(2,3)12-7-8-17(15,4)10-12/h5-6,9,12,15,18-19H,7-8,10H2,1-4H3/t12-,15?,17+/m0/s1. The first-order valence-electron chi connectivity index (χ1n) is 7.39. The lowest BCUT2D eigenvalue weighted by atomic mass is 9.68. The summed E-state index contributed by atoms with van der Waals surface area (Å²) in [5.41, 5.74) is 2.74. The van der Waals surface area contributed by atoms with Crippen molar-refractivity contribution < 1.29 is 5.11 Å². The van der Waals surface area contributed by atoms with Crippen LogP contribution in [0.1, 0.15) is 45.6 Å². The fourth-order valence-corrected chi connectivity index (χ4v) is 4.53. The van der Waals surface area contributed by atoms with Crippen molar-refractivity contribution >= 4 is 5.69 Å². The van der Waals surface area contributed by atoms with Crippen molar-refractivity contribution in [3.05, 3.63) is 23.8 Å². The molecule has 0 spiro atoms. The number of hydrogen-bond donors (Lipinski definition) is 2. The maximum Gasteiger partial charge on any atom is 0.120 e. The van der Waals surface area contributed by atoms with Crippen molar-refractivity contribution in [3.63, 3.8) is 0 Å². The van der Waals surface area contributed by atoms with Crippen LogP contribution in [0.15, 0.2) is 18.2 Å². The maximum atomic E-state index is 9.86. The van der Waals surface area contributed by atoms with Gasteiger partial charge in [-0.3, -0.25) is 0 Å². The number of fused-ring (bicyclic) bond motifs is 2. The molecule has 3 rings (SSSR count). The minimum atomic E-state index is 0.341. The molecule has 1 aromatic rings. The van der Waals surface area contributed by atoms with Crippen LogP contribution in [0.5, 0.6) is 5.75 Å². The summed E-state index contributed by atoms with van der Waals surface area (Å²) in [5.74, 6) is 1.23. The van der Waals surface area contributed by atoms with Gasteiger partial charge >= 0.3 is 0 Å². The van der Waals surface area contributed by atoms with Crippen LogP contribution in [-0.2, 0) is 0 Å². The highest BCUT2D eigenvalue weighted by molar-refractivity contribution is 5.52. The molecule has 19 heavy (non-hydrogen) atoms.